The smallest absolute Gasteiger partial charge is 0.174 e. The quantitative estimate of drug-likeness (QED) is 0.555. The van der Waals surface area contributed by atoms with E-state index in [0.29, 0.717) is 16.3 Å². The lowest BCUT2D eigenvalue weighted by molar-refractivity contribution is 0.102. The molecule has 0 fully saturated rings. The van der Waals surface area contributed by atoms with Crippen LogP contribution >= 0.6 is 23.4 Å². The average Bonchev–Trinajstić information content (AvgIpc) is 2.29. The number of carbonyl (C=O) groups is 1. The summed E-state index contributed by atoms with van der Waals surface area (Å²) in [6.45, 7) is 0.743. The molecule has 0 unspecified atom stereocenters. The van der Waals surface area contributed by atoms with Crippen molar-refractivity contribution in [3.8, 4) is 0 Å². The first kappa shape index (κ1) is 13.6. The van der Waals surface area contributed by atoms with E-state index in [1.165, 1.54) is 0 Å². The predicted molar refractivity (Wildman–Crippen MR) is 69.6 cm³/mol. The summed E-state index contributed by atoms with van der Waals surface area (Å²) in [7, 11) is 1.68. The highest BCUT2D eigenvalue weighted by atomic mass is 35.5. The van der Waals surface area contributed by atoms with Crippen molar-refractivity contribution in [2.24, 2.45) is 0 Å². The Morgan fingerprint density at radius 1 is 1.44 bits per heavy atom. The van der Waals surface area contributed by atoms with Gasteiger partial charge < -0.3 is 4.74 Å². The molecule has 0 N–H and O–H groups in total. The molecule has 0 radical (unpaired) electrons. The van der Waals surface area contributed by atoms with Gasteiger partial charge in [-0.2, -0.15) is 11.8 Å². The molecule has 0 bridgehead atoms. The van der Waals surface area contributed by atoms with Crippen molar-refractivity contribution >= 4 is 29.1 Å². The third-order valence-electron chi connectivity index (χ3n) is 2.04. The van der Waals surface area contributed by atoms with E-state index >= 15 is 0 Å². The first-order valence-electron chi connectivity index (χ1n) is 5.10. The van der Waals surface area contributed by atoms with Crippen LogP contribution in [-0.4, -0.2) is 31.0 Å². The minimum Gasteiger partial charge on any atom is -0.385 e. The van der Waals surface area contributed by atoms with Crippen LogP contribution in [0.25, 0.3) is 0 Å². The minimum atomic E-state index is 0.0908. The number of rotatable bonds is 7. The van der Waals surface area contributed by atoms with Gasteiger partial charge in [0.1, 0.15) is 0 Å². The van der Waals surface area contributed by atoms with E-state index in [9.17, 15) is 4.79 Å². The minimum absolute atomic E-state index is 0.0908. The maximum Gasteiger partial charge on any atom is 0.174 e. The van der Waals surface area contributed by atoms with E-state index < -0.39 is 0 Å². The molecule has 16 heavy (non-hydrogen) atoms. The number of hydrogen-bond acceptors (Lipinski definition) is 3. The predicted octanol–water partition coefficient (Wildman–Crippen LogP) is 3.29. The van der Waals surface area contributed by atoms with E-state index in [0.717, 1.165) is 18.8 Å². The van der Waals surface area contributed by atoms with Gasteiger partial charge in [0, 0.05) is 19.3 Å². The Bertz CT molecular complexity index is 342. The molecule has 0 aromatic heterocycles. The number of Topliss-reactive ketones (excluding diaryl/α,β-unsaturated/α-hetero) is 1. The lowest BCUT2D eigenvalue weighted by Gasteiger charge is -2.03. The van der Waals surface area contributed by atoms with Gasteiger partial charge in [-0.3, -0.25) is 4.79 Å². The number of ether oxygens (including phenoxy) is 1. The first-order valence-corrected chi connectivity index (χ1v) is 6.63. The topological polar surface area (TPSA) is 26.3 Å². The molecule has 88 valence electrons. The molecular formula is C12H15ClO2S. The normalized spacial score (nSPS) is 10.4. The van der Waals surface area contributed by atoms with Crippen molar-refractivity contribution in [1.29, 1.82) is 0 Å². The van der Waals surface area contributed by atoms with E-state index in [1.807, 2.05) is 12.1 Å². The summed E-state index contributed by atoms with van der Waals surface area (Å²) in [4.78, 5) is 11.8. The number of carbonyl (C=O) groups excluding carboxylic acids is 1. The van der Waals surface area contributed by atoms with Crippen LogP contribution in [0, 0.1) is 0 Å². The Hall–Kier alpha value is -0.510. The molecule has 4 heteroatoms. The zero-order valence-electron chi connectivity index (χ0n) is 9.24. The lowest BCUT2D eigenvalue weighted by atomic mass is 10.1. The molecule has 0 heterocycles. The summed E-state index contributed by atoms with van der Waals surface area (Å²) < 4.78 is 4.93. The molecule has 0 spiro atoms. The van der Waals surface area contributed by atoms with Gasteiger partial charge in [-0.1, -0.05) is 23.7 Å². The number of halogens is 1. The van der Waals surface area contributed by atoms with Crippen molar-refractivity contribution in [3.05, 3.63) is 34.9 Å². The summed E-state index contributed by atoms with van der Waals surface area (Å²) in [6.07, 6.45) is 0.969. The number of hydrogen-bond donors (Lipinski definition) is 0. The Labute approximate surface area is 105 Å². The van der Waals surface area contributed by atoms with Gasteiger partial charge in [0.15, 0.2) is 5.78 Å². The summed E-state index contributed by atoms with van der Waals surface area (Å²) in [5, 5.41) is 0.532. The maximum absolute atomic E-state index is 11.8. The second-order valence-electron chi connectivity index (χ2n) is 3.30. The molecule has 0 aliphatic carbocycles. The largest absolute Gasteiger partial charge is 0.385 e. The molecule has 1 aromatic rings. The number of methoxy groups -OCH3 is 1. The summed E-state index contributed by atoms with van der Waals surface area (Å²) in [6, 6.07) is 7.16. The van der Waals surface area contributed by atoms with Crippen LogP contribution in [0.3, 0.4) is 0 Å². The molecule has 0 amide bonds. The molecule has 0 saturated heterocycles. The van der Waals surface area contributed by atoms with Gasteiger partial charge in [0.2, 0.25) is 0 Å². The Kier molecular flexibility index (Phi) is 6.53. The second-order valence-corrected chi connectivity index (χ2v) is 4.81. The van der Waals surface area contributed by atoms with Crippen molar-refractivity contribution in [1.82, 2.24) is 0 Å². The zero-order valence-corrected chi connectivity index (χ0v) is 10.8. The molecule has 0 aliphatic heterocycles. The first-order chi connectivity index (χ1) is 7.75. The van der Waals surface area contributed by atoms with Gasteiger partial charge in [-0.15, -0.1) is 0 Å². The fourth-order valence-corrected chi connectivity index (χ4v) is 2.28. The molecule has 0 saturated carbocycles. The highest BCUT2D eigenvalue weighted by molar-refractivity contribution is 7.99. The highest BCUT2D eigenvalue weighted by Gasteiger charge is 2.08. The monoisotopic (exact) mass is 258 g/mol. The van der Waals surface area contributed by atoms with E-state index in [1.54, 1.807) is 31.0 Å². The van der Waals surface area contributed by atoms with Crippen molar-refractivity contribution in [3.63, 3.8) is 0 Å². The van der Waals surface area contributed by atoms with Gasteiger partial charge in [0.05, 0.1) is 10.8 Å². The average molecular weight is 259 g/mol. The highest BCUT2D eigenvalue weighted by Crippen LogP contribution is 2.17. The van der Waals surface area contributed by atoms with E-state index in [-0.39, 0.29) is 5.78 Å². The van der Waals surface area contributed by atoms with Crippen LogP contribution in [0.1, 0.15) is 16.8 Å². The molecule has 1 rings (SSSR count). The second kappa shape index (κ2) is 7.71. The molecule has 0 atom stereocenters. The molecular weight excluding hydrogens is 244 g/mol. The third kappa shape index (κ3) is 4.56. The van der Waals surface area contributed by atoms with Gasteiger partial charge >= 0.3 is 0 Å². The third-order valence-corrected chi connectivity index (χ3v) is 3.42. The fraction of sp³-hybridized carbons (Fsp3) is 0.417. The van der Waals surface area contributed by atoms with Crippen molar-refractivity contribution in [2.75, 3.05) is 25.2 Å². The lowest BCUT2D eigenvalue weighted by Crippen LogP contribution is -2.04. The van der Waals surface area contributed by atoms with Crippen LogP contribution in [0.15, 0.2) is 24.3 Å². The molecule has 1 aromatic carbocycles. The van der Waals surface area contributed by atoms with Gasteiger partial charge in [-0.05, 0) is 24.3 Å². The summed E-state index contributed by atoms with van der Waals surface area (Å²) in [5.41, 5.74) is 0.614. The van der Waals surface area contributed by atoms with Crippen molar-refractivity contribution < 1.29 is 9.53 Å². The number of thioether (sulfide) groups is 1. The van der Waals surface area contributed by atoms with Crippen LogP contribution in [0.4, 0.5) is 0 Å². The molecule has 2 nitrogen and oxygen atoms in total. The Balaban J connectivity index is 2.33. The number of ketones is 1. The maximum atomic E-state index is 11.8. The van der Waals surface area contributed by atoms with Crippen molar-refractivity contribution in [2.45, 2.75) is 6.42 Å². The standard InChI is InChI=1S/C12H15ClO2S/c1-15-7-4-8-16-9-12(14)10-5-2-3-6-11(10)13/h2-3,5-6H,4,7-9H2,1H3. The zero-order chi connectivity index (χ0) is 11.8. The number of benzene rings is 1. The van der Waals surface area contributed by atoms with Crippen LogP contribution in [0.2, 0.25) is 5.02 Å². The van der Waals surface area contributed by atoms with Gasteiger partial charge in [0.25, 0.3) is 0 Å². The fourth-order valence-electron chi connectivity index (χ4n) is 1.24. The van der Waals surface area contributed by atoms with Gasteiger partial charge in [-0.25, -0.2) is 0 Å². The molecule has 0 aliphatic rings. The van der Waals surface area contributed by atoms with E-state index in [4.69, 9.17) is 16.3 Å². The summed E-state index contributed by atoms with van der Waals surface area (Å²) in [5.74, 6) is 1.50. The SMILES string of the molecule is COCCCSCC(=O)c1ccccc1Cl. The Morgan fingerprint density at radius 2 is 2.19 bits per heavy atom. The van der Waals surface area contributed by atoms with Crippen LogP contribution < -0.4 is 0 Å². The van der Waals surface area contributed by atoms with Crippen LogP contribution in [0.5, 0.6) is 0 Å². The summed E-state index contributed by atoms with van der Waals surface area (Å²) >= 11 is 7.55. The Morgan fingerprint density at radius 3 is 2.88 bits per heavy atom. The van der Waals surface area contributed by atoms with Crippen LogP contribution in [-0.2, 0) is 4.74 Å². The van der Waals surface area contributed by atoms with E-state index in [2.05, 4.69) is 0 Å².